The molecule has 34 heavy (non-hydrogen) atoms. The molecule has 0 unspecified atom stereocenters. The SMILES string of the molecule is CCCCOc1cc(OCCCC)c(/C=C/C(=O)c2ccc(OC(=O)C(C)(C)C)cc2)cc1C. The van der Waals surface area contributed by atoms with E-state index < -0.39 is 5.41 Å². The first kappa shape index (κ1) is 27.2. The molecule has 0 N–H and O–H groups in total. The second-order valence-corrected chi connectivity index (χ2v) is 9.42. The van der Waals surface area contributed by atoms with Crippen molar-refractivity contribution in [3.05, 3.63) is 59.2 Å². The highest BCUT2D eigenvalue weighted by Gasteiger charge is 2.23. The maximum atomic E-state index is 12.7. The summed E-state index contributed by atoms with van der Waals surface area (Å²) in [7, 11) is 0. The van der Waals surface area contributed by atoms with Crippen molar-refractivity contribution in [2.75, 3.05) is 13.2 Å². The lowest BCUT2D eigenvalue weighted by Gasteiger charge is -2.16. The Morgan fingerprint density at radius 1 is 0.882 bits per heavy atom. The van der Waals surface area contributed by atoms with Gasteiger partial charge >= 0.3 is 5.97 Å². The van der Waals surface area contributed by atoms with Gasteiger partial charge in [0.1, 0.15) is 17.2 Å². The molecule has 0 saturated heterocycles. The van der Waals surface area contributed by atoms with Gasteiger partial charge in [-0.15, -0.1) is 0 Å². The van der Waals surface area contributed by atoms with Crippen molar-refractivity contribution in [3.8, 4) is 17.2 Å². The topological polar surface area (TPSA) is 61.8 Å². The maximum Gasteiger partial charge on any atom is 0.316 e. The van der Waals surface area contributed by atoms with Crippen LogP contribution in [-0.2, 0) is 4.79 Å². The lowest BCUT2D eigenvalue weighted by Crippen LogP contribution is -2.25. The Labute approximate surface area is 204 Å². The quantitative estimate of drug-likeness (QED) is 0.109. The molecule has 0 aliphatic carbocycles. The zero-order valence-corrected chi connectivity index (χ0v) is 21.4. The van der Waals surface area contributed by atoms with E-state index in [9.17, 15) is 9.59 Å². The number of ketones is 1. The molecule has 0 aliphatic heterocycles. The second kappa shape index (κ2) is 13.0. The molecule has 0 fully saturated rings. The van der Waals surface area contributed by atoms with E-state index in [1.54, 1.807) is 51.1 Å². The number of benzene rings is 2. The van der Waals surface area contributed by atoms with Crippen molar-refractivity contribution in [1.82, 2.24) is 0 Å². The van der Waals surface area contributed by atoms with Crippen molar-refractivity contribution >= 4 is 17.8 Å². The summed E-state index contributed by atoms with van der Waals surface area (Å²) in [5, 5.41) is 0. The molecule has 2 aromatic carbocycles. The van der Waals surface area contributed by atoms with Gasteiger partial charge in [0, 0.05) is 17.2 Å². The predicted molar refractivity (Wildman–Crippen MR) is 137 cm³/mol. The number of esters is 1. The lowest BCUT2D eigenvalue weighted by atomic mass is 9.97. The minimum absolute atomic E-state index is 0.144. The van der Waals surface area contributed by atoms with Crippen LogP contribution in [0.3, 0.4) is 0 Å². The van der Waals surface area contributed by atoms with Gasteiger partial charge in [-0.3, -0.25) is 9.59 Å². The summed E-state index contributed by atoms with van der Waals surface area (Å²) in [6.07, 6.45) is 7.37. The number of carbonyl (C=O) groups excluding carboxylic acids is 2. The molecule has 0 atom stereocenters. The standard InChI is InChI=1S/C29H38O5/c1-7-9-17-32-26-20-27(33-18-10-8-2)23(19-21(26)3)13-16-25(30)22-11-14-24(15-12-22)34-28(31)29(4,5)6/h11-16,19-20H,7-10,17-18H2,1-6H3/b16-13+. The molecule has 0 aliphatic rings. The van der Waals surface area contributed by atoms with Crippen LogP contribution >= 0.6 is 0 Å². The van der Waals surface area contributed by atoms with Crippen molar-refractivity contribution in [3.63, 3.8) is 0 Å². The fraction of sp³-hybridized carbons (Fsp3) is 0.448. The minimum atomic E-state index is -0.594. The van der Waals surface area contributed by atoms with E-state index in [0.717, 1.165) is 42.6 Å². The largest absolute Gasteiger partial charge is 0.493 e. The molecule has 0 heterocycles. The van der Waals surface area contributed by atoms with E-state index >= 15 is 0 Å². The minimum Gasteiger partial charge on any atom is -0.493 e. The van der Waals surface area contributed by atoms with E-state index in [0.29, 0.717) is 30.3 Å². The smallest absolute Gasteiger partial charge is 0.316 e. The average molecular weight is 467 g/mol. The summed E-state index contributed by atoms with van der Waals surface area (Å²) >= 11 is 0. The molecule has 5 nitrogen and oxygen atoms in total. The van der Waals surface area contributed by atoms with E-state index in [-0.39, 0.29) is 11.8 Å². The Balaban J connectivity index is 2.17. The fourth-order valence-electron chi connectivity index (χ4n) is 2.96. The third kappa shape index (κ3) is 8.36. The van der Waals surface area contributed by atoms with Gasteiger partial charge in [0.15, 0.2) is 5.78 Å². The monoisotopic (exact) mass is 466 g/mol. The number of hydrogen-bond acceptors (Lipinski definition) is 5. The molecule has 184 valence electrons. The normalized spacial score (nSPS) is 11.5. The molecule has 0 radical (unpaired) electrons. The number of carbonyl (C=O) groups is 2. The summed E-state index contributed by atoms with van der Waals surface area (Å²) in [5.74, 6) is 1.47. The van der Waals surface area contributed by atoms with Crippen LogP contribution in [0, 0.1) is 12.3 Å². The van der Waals surface area contributed by atoms with Crippen molar-refractivity contribution in [2.24, 2.45) is 5.41 Å². The summed E-state index contributed by atoms with van der Waals surface area (Å²) in [6, 6.07) is 10.5. The van der Waals surface area contributed by atoms with Crippen LogP contribution in [0.15, 0.2) is 42.5 Å². The molecule has 5 heteroatoms. The van der Waals surface area contributed by atoms with Gasteiger partial charge < -0.3 is 14.2 Å². The maximum absolute atomic E-state index is 12.7. The van der Waals surface area contributed by atoms with Crippen LogP contribution < -0.4 is 14.2 Å². The lowest BCUT2D eigenvalue weighted by molar-refractivity contribution is -0.143. The molecule has 2 rings (SSSR count). The van der Waals surface area contributed by atoms with E-state index in [2.05, 4.69) is 13.8 Å². The number of allylic oxidation sites excluding steroid dienone is 1. The Hall–Kier alpha value is -3.08. The van der Waals surface area contributed by atoms with Gasteiger partial charge in [-0.2, -0.15) is 0 Å². The van der Waals surface area contributed by atoms with Crippen molar-refractivity contribution < 1.29 is 23.8 Å². The summed E-state index contributed by atoms with van der Waals surface area (Å²) in [4.78, 5) is 24.8. The number of ether oxygens (including phenoxy) is 3. The Morgan fingerprint density at radius 2 is 1.47 bits per heavy atom. The molecule has 0 amide bonds. The molecule has 0 aromatic heterocycles. The number of hydrogen-bond donors (Lipinski definition) is 0. The molecule has 0 bridgehead atoms. The van der Waals surface area contributed by atoms with Crippen LogP contribution in [0.5, 0.6) is 17.2 Å². The van der Waals surface area contributed by atoms with Crippen LogP contribution in [0.4, 0.5) is 0 Å². The fourth-order valence-corrected chi connectivity index (χ4v) is 2.96. The number of unbranched alkanes of at least 4 members (excludes halogenated alkanes) is 2. The van der Waals surface area contributed by atoms with E-state index in [1.807, 2.05) is 19.1 Å². The first-order chi connectivity index (χ1) is 16.2. The Bertz CT molecular complexity index is 981. The Morgan fingerprint density at radius 3 is 2.03 bits per heavy atom. The van der Waals surface area contributed by atoms with Crippen LogP contribution in [-0.4, -0.2) is 25.0 Å². The zero-order chi connectivity index (χ0) is 25.1. The van der Waals surface area contributed by atoms with Gasteiger partial charge in [-0.1, -0.05) is 26.7 Å². The van der Waals surface area contributed by atoms with Gasteiger partial charge in [0.2, 0.25) is 0 Å². The summed E-state index contributed by atoms with van der Waals surface area (Å²) < 4.78 is 17.3. The number of rotatable bonds is 12. The van der Waals surface area contributed by atoms with Gasteiger partial charge in [0.05, 0.1) is 18.6 Å². The highest BCUT2D eigenvalue weighted by Crippen LogP contribution is 2.31. The molecular formula is C29H38O5. The molecule has 2 aromatic rings. The van der Waals surface area contributed by atoms with Crippen LogP contribution in [0.2, 0.25) is 0 Å². The van der Waals surface area contributed by atoms with Gasteiger partial charge in [-0.25, -0.2) is 0 Å². The first-order valence-electron chi connectivity index (χ1n) is 12.1. The highest BCUT2D eigenvalue weighted by molar-refractivity contribution is 6.07. The highest BCUT2D eigenvalue weighted by atomic mass is 16.5. The second-order valence-electron chi connectivity index (χ2n) is 9.42. The third-order valence-corrected chi connectivity index (χ3v) is 5.19. The molecule has 0 saturated carbocycles. The molecular weight excluding hydrogens is 428 g/mol. The summed E-state index contributed by atoms with van der Waals surface area (Å²) in [5.41, 5.74) is 1.75. The predicted octanol–water partition coefficient (Wildman–Crippen LogP) is 7.20. The van der Waals surface area contributed by atoms with Crippen LogP contribution in [0.1, 0.15) is 81.8 Å². The third-order valence-electron chi connectivity index (χ3n) is 5.19. The van der Waals surface area contributed by atoms with Crippen molar-refractivity contribution in [1.29, 1.82) is 0 Å². The zero-order valence-electron chi connectivity index (χ0n) is 21.4. The van der Waals surface area contributed by atoms with E-state index in [4.69, 9.17) is 14.2 Å². The van der Waals surface area contributed by atoms with Gasteiger partial charge in [0.25, 0.3) is 0 Å². The number of aryl methyl sites for hydroxylation is 1. The summed E-state index contributed by atoms with van der Waals surface area (Å²) in [6.45, 7) is 12.9. The van der Waals surface area contributed by atoms with Crippen molar-refractivity contribution in [2.45, 2.75) is 67.2 Å². The molecule has 0 spiro atoms. The van der Waals surface area contributed by atoms with Gasteiger partial charge in [-0.05, 0) is 88.6 Å². The van der Waals surface area contributed by atoms with Crippen LogP contribution in [0.25, 0.3) is 6.08 Å². The van der Waals surface area contributed by atoms with E-state index in [1.165, 1.54) is 6.08 Å². The Kier molecular flexibility index (Phi) is 10.4. The first-order valence-corrected chi connectivity index (χ1v) is 12.1. The average Bonchev–Trinajstić information content (AvgIpc) is 2.79.